The highest BCUT2D eigenvalue weighted by Gasteiger charge is 2.20. The number of sulfonamides is 1. The van der Waals surface area contributed by atoms with Crippen molar-refractivity contribution in [3.8, 4) is 0 Å². The minimum atomic E-state index is -3.98. The molecule has 0 aromatic heterocycles. The summed E-state index contributed by atoms with van der Waals surface area (Å²) in [6.45, 7) is 1.57. The van der Waals surface area contributed by atoms with Gasteiger partial charge in [-0.25, -0.2) is 8.42 Å². The number of hydrogen-bond acceptors (Lipinski definition) is 6. The molecule has 0 amide bonds. The van der Waals surface area contributed by atoms with Crippen molar-refractivity contribution >= 4 is 32.8 Å². The van der Waals surface area contributed by atoms with Crippen LogP contribution in [0.1, 0.15) is 5.56 Å². The molecule has 0 saturated carbocycles. The Kier molecular flexibility index (Phi) is 5.46. The number of non-ortho nitro benzene ring substituents is 1. The van der Waals surface area contributed by atoms with Gasteiger partial charge in [0.15, 0.2) is 0 Å². The van der Waals surface area contributed by atoms with Crippen molar-refractivity contribution in [3.63, 3.8) is 0 Å². The molecule has 3 rings (SSSR count). The number of nitrogens with zero attached hydrogens (tertiary/aromatic N) is 3. The lowest BCUT2D eigenvalue weighted by atomic mass is 10.2. The summed E-state index contributed by atoms with van der Waals surface area (Å²) in [6.07, 6.45) is 0. The van der Waals surface area contributed by atoms with Crippen molar-refractivity contribution in [1.82, 2.24) is 0 Å². The van der Waals surface area contributed by atoms with Crippen molar-refractivity contribution in [3.05, 3.63) is 88.5 Å². The summed E-state index contributed by atoms with van der Waals surface area (Å²) in [6, 6.07) is 19.2. The molecule has 8 nitrogen and oxygen atoms in total. The number of azo groups is 1. The van der Waals surface area contributed by atoms with Crippen LogP contribution in [0.2, 0.25) is 0 Å². The summed E-state index contributed by atoms with van der Waals surface area (Å²) in [5.74, 6) is 0. The molecule has 0 heterocycles. The Bertz CT molecular complexity index is 1130. The number of nitro benzene ring substituents is 1. The summed E-state index contributed by atoms with van der Waals surface area (Å²) in [5, 5.41) is 19.1. The van der Waals surface area contributed by atoms with Gasteiger partial charge < -0.3 is 0 Å². The molecule has 0 radical (unpaired) electrons. The predicted octanol–water partition coefficient (Wildman–Crippen LogP) is 5.12. The molecule has 28 heavy (non-hydrogen) atoms. The number of hydrogen-bond donors (Lipinski definition) is 1. The van der Waals surface area contributed by atoms with Crippen LogP contribution < -0.4 is 4.72 Å². The van der Waals surface area contributed by atoms with E-state index in [1.165, 1.54) is 12.1 Å². The van der Waals surface area contributed by atoms with Crippen LogP contribution in [0.3, 0.4) is 0 Å². The fourth-order valence-corrected chi connectivity index (χ4v) is 3.73. The van der Waals surface area contributed by atoms with Crippen molar-refractivity contribution < 1.29 is 13.3 Å². The van der Waals surface area contributed by atoms with E-state index in [1.807, 2.05) is 30.3 Å². The van der Waals surface area contributed by atoms with Gasteiger partial charge >= 0.3 is 0 Å². The largest absolute Gasteiger partial charge is 0.280 e. The van der Waals surface area contributed by atoms with Gasteiger partial charge in [0.1, 0.15) is 0 Å². The molecule has 0 atom stereocenters. The third kappa shape index (κ3) is 4.57. The van der Waals surface area contributed by atoms with Gasteiger partial charge in [0.05, 0.1) is 21.2 Å². The van der Waals surface area contributed by atoms with E-state index in [0.29, 0.717) is 22.6 Å². The van der Waals surface area contributed by atoms with Gasteiger partial charge in [-0.2, -0.15) is 10.2 Å². The van der Waals surface area contributed by atoms with Crippen LogP contribution in [0.15, 0.2) is 87.9 Å². The van der Waals surface area contributed by atoms with E-state index >= 15 is 0 Å². The van der Waals surface area contributed by atoms with Crippen LogP contribution in [0.5, 0.6) is 0 Å². The molecule has 0 unspecified atom stereocenters. The Morgan fingerprint density at radius 3 is 2.11 bits per heavy atom. The number of nitrogens with one attached hydrogen (secondary N) is 1. The van der Waals surface area contributed by atoms with Crippen molar-refractivity contribution in [2.75, 3.05) is 4.72 Å². The molecule has 0 aliphatic rings. The Morgan fingerprint density at radius 2 is 1.50 bits per heavy atom. The van der Waals surface area contributed by atoms with Crippen LogP contribution >= 0.6 is 0 Å². The zero-order valence-corrected chi connectivity index (χ0v) is 15.6. The van der Waals surface area contributed by atoms with E-state index < -0.39 is 14.9 Å². The third-order valence-corrected chi connectivity index (χ3v) is 5.35. The van der Waals surface area contributed by atoms with E-state index in [1.54, 1.807) is 31.2 Å². The smallest absolute Gasteiger partial charge is 0.270 e. The van der Waals surface area contributed by atoms with Gasteiger partial charge in [-0.05, 0) is 48.9 Å². The monoisotopic (exact) mass is 396 g/mol. The molecule has 1 N–H and O–H groups in total. The molecule has 0 aliphatic heterocycles. The van der Waals surface area contributed by atoms with Gasteiger partial charge in [-0.1, -0.05) is 24.3 Å². The molecule has 3 aromatic carbocycles. The highest BCUT2D eigenvalue weighted by molar-refractivity contribution is 7.92. The van der Waals surface area contributed by atoms with Crippen LogP contribution in [-0.2, 0) is 10.0 Å². The molecule has 142 valence electrons. The first-order valence-electron chi connectivity index (χ1n) is 8.20. The number of aryl methyl sites for hydroxylation is 1. The maximum atomic E-state index is 12.6. The summed E-state index contributed by atoms with van der Waals surface area (Å²) in [7, 11) is -3.98. The van der Waals surface area contributed by atoms with Gasteiger partial charge in [0.25, 0.3) is 15.7 Å². The van der Waals surface area contributed by atoms with Crippen molar-refractivity contribution in [2.24, 2.45) is 10.2 Å². The molecular formula is C19H16N4O4S. The maximum Gasteiger partial charge on any atom is 0.270 e. The number of nitro groups is 1. The van der Waals surface area contributed by atoms with Gasteiger partial charge in [-0.3, -0.25) is 14.8 Å². The average Bonchev–Trinajstić information content (AvgIpc) is 2.68. The molecule has 0 saturated heterocycles. The van der Waals surface area contributed by atoms with Crippen molar-refractivity contribution in [1.29, 1.82) is 0 Å². The molecule has 0 aliphatic carbocycles. The Labute approximate surface area is 161 Å². The van der Waals surface area contributed by atoms with Crippen LogP contribution in [-0.4, -0.2) is 13.3 Å². The lowest BCUT2D eigenvalue weighted by molar-refractivity contribution is -0.385. The van der Waals surface area contributed by atoms with E-state index in [-0.39, 0.29) is 10.6 Å². The van der Waals surface area contributed by atoms with E-state index in [9.17, 15) is 18.5 Å². The standard InChI is InChI=1S/C19H16N4O4S/c1-14-7-12-18(23(24)25)13-19(14)28(26,27)22-17-10-8-16(9-11-17)21-20-15-5-3-2-4-6-15/h2-13,22H,1H3. The SMILES string of the molecule is Cc1ccc([N+](=O)[O-])cc1S(=O)(=O)Nc1ccc(N=Nc2ccccc2)cc1. The fraction of sp³-hybridized carbons (Fsp3) is 0.0526. The quantitative estimate of drug-likeness (QED) is 0.354. The van der Waals surface area contributed by atoms with Crippen LogP contribution in [0, 0.1) is 17.0 Å². The molecule has 0 spiro atoms. The molecular weight excluding hydrogens is 380 g/mol. The second kappa shape index (κ2) is 7.97. The Morgan fingerprint density at radius 1 is 0.893 bits per heavy atom. The summed E-state index contributed by atoms with van der Waals surface area (Å²) in [4.78, 5) is 10.1. The minimum absolute atomic E-state index is 0.144. The van der Waals surface area contributed by atoms with Crippen molar-refractivity contribution in [2.45, 2.75) is 11.8 Å². The first-order chi connectivity index (χ1) is 13.3. The molecule has 0 bridgehead atoms. The zero-order chi connectivity index (χ0) is 20.1. The van der Waals surface area contributed by atoms with Crippen LogP contribution in [0.25, 0.3) is 0 Å². The second-order valence-corrected chi connectivity index (χ2v) is 7.55. The predicted molar refractivity (Wildman–Crippen MR) is 106 cm³/mol. The topological polar surface area (TPSA) is 114 Å². The first kappa shape index (κ1) is 19.2. The normalized spacial score (nSPS) is 11.5. The highest BCUT2D eigenvalue weighted by Crippen LogP contribution is 2.25. The zero-order valence-electron chi connectivity index (χ0n) is 14.8. The van der Waals surface area contributed by atoms with E-state index in [4.69, 9.17) is 0 Å². The van der Waals surface area contributed by atoms with E-state index in [2.05, 4.69) is 15.0 Å². The maximum absolute atomic E-state index is 12.6. The lowest BCUT2D eigenvalue weighted by Gasteiger charge is -2.10. The first-order valence-corrected chi connectivity index (χ1v) is 9.68. The molecule has 9 heteroatoms. The molecule has 3 aromatic rings. The number of benzene rings is 3. The summed E-state index contributed by atoms with van der Waals surface area (Å²) in [5.41, 5.74) is 1.69. The van der Waals surface area contributed by atoms with Gasteiger partial charge in [-0.15, -0.1) is 0 Å². The fourth-order valence-electron chi connectivity index (χ4n) is 2.41. The van der Waals surface area contributed by atoms with Gasteiger partial charge in [0.2, 0.25) is 0 Å². The summed E-state index contributed by atoms with van der Waals surface area (Å²) < 4.78 is 27.7. The number of rotatable bonds is 6. The molecule has 0 fully saturated rings. The van der Waals surface area contributed by atoms with Crippen LogP contribution in [0.4, 0.5) is 22.7 Å². The lowest BCUT2D eigenvalue weighted by Crippen LogP contribution is -2.14. The third-order valence-electron chi connectivity index (χ3n) is 3.83. The average molecular weight is 396 g/mol. The minimum Gasteiger partial charge on any atom is -0.280 e. The Hall–Kier alpha value is -3.59. The summed E-state index contributed by atoms with van der Waals surface area (Å²) >= 11 is 0. The Balaban J connectivity index is 1.79. The highest BCUT2D eigenvalue weighted by atomic mass is 32.2. The second-order valence-electron chi connectivity index (χ2n) is 5.89. The number of anilines is 1. The van der Waals surface area contributed by atoms with Gasteiger partial charge in [0, 0.05) is 17.8 Å². The van der Waals surface area contributed by atoms with E-state index in [0.717, 1.165) is 6.07 Å².